The lowest BCUT2D eigenvalue weighted by molar-refractivity contribution is 0.0793. The molecule has 0 saturated carbocycles. The van der Waals surface area contributed by atoms with Crippen molar-refractivity contribution in [2.75, 3.05) is 19.3 Å². The van der Waals surface area contributed by atoms with Crippen molar-refractivity contribution in [3.8, 4) is 0 Å². The van der Waals surface area contributed by atoms with Gasteiger partial charge in [-0.25, -0.2) is 4.39 Å². The van der Waals surface area contributed by atoms with E-state index in [-0.39, 0.29) is 11.6 Å². The molecule has 0 unspecified atom stereocenters. The molecule has 0 spiro atoms. The van der Waals surface area contributed by atoms with E-state index in [2.05, 4.69) is 6.92 Å². The molecule has 0 saturated heterocycles. The lowest BCUT2D eigenvalue weighted by atomic mass is 10.1. The number of carbonyl (C=O) groups is 1. The van der Waals surface area contributed by atoms with Crippen LogP contribution in [0.4, 0.5) is 10.1 Å². The first kappa shape index (κ1) is 12.5. The van der Waals surface area contributed by atoms with Crippen molar-refractivity contribution >= 4 is 11.6 Å². The van der Waals surface area contributed by atoms with E-state index in [0.29, 0.717) is 12.1 Å². The molecule has 0 aromatic heterocycles. The van der Waals surface area contributed by atoms with Gasteiger partial charge in [-0.3, -0.25) is 4.79 Å². The summed E-state index contributed by atoms with van der Waals surface area (Å²) >= 11 is 0. The van der Waals surface area contributed by atoms with E-state index in [9.17, 15) is 9.18 Å². The summed E-state index contributed by atoms with van der Waals surface area (Å²) in [6, 6.07) is 4.14. The molecule has 0 radical (unpaired) electrons. The lowest BCUT2D eigenvalue weighted by Gasteiger charge is -2.16. The van der Waals surface area contributed by atoms with Gasteiger partial charge in [-0.2, -0.15) is 0 Å². The van der Waals surface area contributed by atoms with E-state index < -0.39 is 5.82 Å². The second-order valence-corrected chi connectivity index (χ2v) is 3.82. The van der Waals surface area contributed by atoms with Crippen LogP contribution in [0.2, 0.25) is 0 Å². The summed E-state index contributed by atoms with van der Waals surface area (Å²) in [7, 11) is 1.71. The van der Waals surface area contributed by atoms with Gasteiger partial charge in [0.2, 0.25) is 0 Å². The van der Waals surface area contributed by atoms with Gasteiger partial charge in [0.05, 0.1) is 5.69 Å². The third-order valence-electron chi connectivity index (χ3n) is 2.44. The van der Waals surface area contributed by atoms with Crippen LogP contribution in [-0.2, 0) is 0 Å². The highest BCUT2D eigenvalue weighted by atomic mass is 19.1. The number of unbranched alkanes of at least 4 members (excludes halogenated alkanes) is 1. The van der Waals surface area contributed by atoms with Crippen LogP contribution >= 0.6 is 0 Å². The van der Waals surface area contributed by atoms with E-state index in [1.54, 1.807) is 18.0 Å². The van der Waals surface area contributed by atoms with Crippen LogP contribution in [0.25, 0.3) is 0 Å². The molecule has 2 N–H and O–H groups in total. The number of hydrogen-bond acceptors (Lipinski definition) is 2. The zero-order chi connectivity index (χ0) is 12.1. The number of nitrogens with two attached hydrogens (primary N) is 1. The highest BCUT2D eigenvalue weighted by Gasteiger charge is 2.12. The molecule has 1 aromatic rings. The van der Waals surface area contributed by atoms with Gasteiger partial charge in [0.1, 0.15) is 5.82 Å². The van der Waals surface area contributed by atoms with Crippen molar-refractivity contribution < 1.29 is 9.18 Å². The van der Waals surface area contributed by atoms with Gasteiger partial charge in [0, 0.05) is 19.2 Å². The number of nitrogens with zero attached hydrogens (tertiary/aromatic N) is 1. The third kappa shape index (κ3) is 2.95. The van der Waals surface area contributed by atoms with Crippen LogP contribution in [0.5, 0.6) is 0 Å². The fourth-order valence-electron chi connectivity index (χ4n) is 1.38. The Morgan fingerprint density at radius 2 is 2.19 bits per heavy atom. The van der Waals surface area contributed by atoms with Gasteiger partial charge in [-0.1, -0.05) is 13.3 Å². The summed E-state index contributed by atoms with van der Waals surface area (Å²) in [4.78, 5) is 13.4. The highest BCUT2D eigenvalue weighted by molar-refractivity contribution is 5.94. The Balaban J connectivity index is 2.76. The molecule has 1 rings (SSSR count). The Labute approximate surface area is 95.0 Å². The molecule has 88 valence electrons. The number of carbonyl (C=O) groups excluding carboxylic acids is 1. The average molecular weight is 224 g/mol. The number of rotatable bonds is 4. The Bertz CT molecular complexity index is 379. The van der Waals surface area contributed by atoms with Crippen LogP contribution < -0.4 is 5.73 Å². The van der Waals surface area contributed by atoms with Gasteiger partial charge >= 0.3 is 0 Å². The van der Waals surface area contributed by atoms with Gasteiger partial charge < -0.3 is 10.6 Å². The minimum atomic E-state index is -0.547. The van der Waals surface area contributed by atoms with Gasteiger partial charge in [-0.05, 0) is 24.6 Å². The minimum absolute atomic E-state index is 0.0627. The summed E-state index contributed by atoms with van der Waals surface area (Å²) in [5, 5.41) is 0. The van der Waals surface area contributed by atoms with E-state index >= 15 is 0 Å². The van der Waals surface area contributed by atoms with E-state index in [1.165, 1.54) is 12.1 Å². The molecule has 3 nitrogen and oxygen atoms in total. The molecule has 16 heavy (non-hydrogen) atoms. The summed E-state index contributed by atoms with van der Waals surface area (Å²) in [5.74, 6) is -0.720. The van der Waals surface area contributed by atoms with Crippen molar-refractivity contribution in [1.29, 1.82) is 0 Å². The van der Waals surface area contributed by atoms with Crippen molar-refractivity contribution in [2.24, 2.45) is 0 Å². The molecular formula is C12H17FN2O. The Hall–Kier alpha value is -1.58. The van der Waals surface area contributed by atoms with Crippen molar-refractivity contribution in [3.63, 3.8) is 0 Å². The van der Waals surface area contributed by atoms with E-state index in [4.69, 9.17) is 5.73 Å². The lowest BCUT2D eigenvalue weighted by Crippen LogP contribution is -2.27. The Morgan fingerprint density at radius 3 is 2.75 bits per heavy atom. The van der Waals surface area contributed by atoms with E-state index in [1.807, 2.05) is 0 Å². The smallest absolute Gasteiger partial charge is 0.253 e. The molecule has 1 amide bonds. The Morgan fingerprint density at radius 1 is 1.50 bits per heavy atom. The summed E-state index contributed by atoms with van der Waals surface area (Å²) < 4.78 is 13.2. The maximum atomic E-state index is 13.2. The maximum absolute atomic E-state index is 13.2. The summed E-state index contributed by atoms with van der Waals surface area (Å²) in [5.41, 5.74) is 5.75. The van der Waals surface area contributed by atoms with Crippen LogP contribution in [-0.4, -0.2) is 24.4 Å². The predicted octanol–water partition coefficient (Wildman–Crippen LogP) is 2.28. The maximum Gasteiger partial charge on any atom is 0.253 e. The van der Waals surface area contributed by atoms with Gasteiger partial charge in [0.25, 0.3) is 5.91 Å². The first-order chi connectivity index (χ1) is 7.56. The predicted molar refractivity (Wildman–Crippen MR) is 62.7 cm³/mol. The van der Waals surface area contributed by atoms with Crippen molar-refractivity contribution in [2.45, 2.75) is 19.8 Å². The van der Waals surface area contributed by atoms with Crippen molar-refractivity contribution in [1.82, 2.24) is 4.90 Å². The molecule has 0 fully saturated rings. The monoisotopic (exact) mass is 224 g/mol. The minimum Gasteiger partial charge on any atom is -0.396 e. The molecular weight excluding hydrogens is 207 g/mol. The fraction of sp³-hybridized carbons (Fsp3) is 0.417. The SMILES string of the molecule is CCCCN(C)C(=O)c1ccc(N)c(F)c1. The molecule has 4 heteroatoms. The summed E-state index contributed by atoms with van der Waals surface area (Å²) in [6.07, 6.45) is 1.97. The quantitative estimate of drug-likeness (QED) is 0.797. The van der Waals surface area contributed by atoms with Crippen LogP contribution in [0.3, 0.4) is 0 Å². The van der Waals surface area contributed by atoms with Crippen LogP contribution in [0.15, 0.2) is 18.2 Å². The largest absolute Gasteiger partial charge is 0.396 e. The Kier molecular flexibility index (Phi) is 4.28. The average Bonchev–Trinajstić information content (AvgIpc) is 2.28. The van der Waals surface area contributed by atoms with Gasteiger partial charge in [-0.15, -0.1) is 0 Å². The van der Waals surface area contributed by atoms with Crippen LogP contribution in [0, 0.1) is 5.82 Å². The molecule has 1 aromatic carbocycles. The topological polar surface area (TPSA) is 46.3 Å². The van der Waals surface area contributed by atoms with Crippen LogP contribution in [0.1, 0.15) is 30.1 Å². The molecule has 0 bridgehead atoms. The summed E-state index contributed by atoms with van der Waals surface area (Å²) in [6.45, 7) is 2.74. The number of benzene rings is 1. The number of anilines is 1. The molecule has 0 heterocycles. The second-order valence-electron chi connectivity index (χ2n) is 3.82. The zero-order valence-corrected chi connectivity index (χ0v) is 9.66. The van der Waals surface area contributed by atoms with E-state index in [0.717, 1.165) is 12.8 Å². The third-order valence-corrected chi connectivity index (χ3v) is 2.44. The number of halogens is 1. The molecule has 0 aliphatic rings. The number of nitrogen functional groups attached to an aromatic ring is 1. The van der Waals surface area contributed by atoms with Gasteiger partial charge in [0.15, 0.2) is 0 Å². The molecule has 0 atom stereocenters. The normalized spacial score (nSPS) is 10.2. The highest BCUT2D eigenvalue weighted by Crippen LogP contribution is 2.13. The second kappa shape index (κ2) is 5.49. The van der Waals surface area contributed by atoms with Crippen molar-refractivity contribution in [3.05, 3.63) is 29.6 Å². The number of hydrogen-bond donors (Lipinski definition) is 1. The first-order valence-electron chi connectivity index (χ1n) is 5.36. The molecule has 0 aliphatic carbocycles. The molecule has 0 aliphatic heterocycles. The first-order valence-corrected chi connectivity index (χ1v) is 5.36. The number of amides is 1. The standard InChI is InChI=1S/C12H17FN2O/c1-3-4-7-15(2)12(16)9-5-6-11(14)10(13)8-9/h5-6,8H,3-4,7,14H2,1-2H3. The zero-order valence-electron chi connectivity index (χ0n) is 9.66. The fourth-order valence-corrected chi connectivity index (χ4v) is 1.38.